The van der Waals surface area contributed by atoms with E-state index in [1.165, 1.54) is 20.3 Å². The number of rotatable bonds is 6. The molecule has 1 rings (SSSR count). The predicted octanol–water partition coefficient (Wildman–Crippen LogP) is 2.01. The van der Waals surface area contributed by atoms with E-state index in [1.54, 1.807) is 24.3 Å². The van der Waals surface area contributed by atoms with Crippen molar-refractivity contribution in [2.75, 3.05) is 14.2 Å². The van der Waals surface area contributed by atoms with Gasteiger partial charge in [0.05, 0.1) is 25.9 Å². The molecule has 0 unspecified atom stereocenters. The van der Waals surface area contributed by atoms with E-state index in [9.17, 15) is 9.59 Å². The number of nitrogens with zero attached hydrogens (tertiary/aromatic N) is 1. The molecule has 21 heavy (non-hydrogen) atoms. The summed E-state index contributed by atoms with van der Waals surface area (Å²) in [7, 11) is 2.42. The van der Waals surface area contributed by atoms with Crippen LogP contribution in [0.1, 0.15) is 17.5 Å². The Kier molecular flexibility index (Phi) is 5.67. The molecule has 0 spiro atoms. The SMILES string of the molecule is C=CCC(Cc1ccccc1C#N)(C(=O)OC)C(=O)OC. The van der Waals surface area contributed by atoms with Gasteiger partial charge in [-0.1, -0.05) is 24.3 Å². The van der Waals surface area contributed by atoms with E-state index < -0.39 is 17.4 Å². The third-order valence-corrected chi connectivity index (χ3v) is 3.28. The zero-order chi connectivity index (χ0) is 15.9. The van der Waals surface area contributed by atoms with Gasteiger partial charge in [-0.3, -0.25) is 9.59 Å². The highest BCUT2D eigenvalue weighted by Crippen LogP contribution is 2.32. The number of carbonyl (C=O) groups is 2. The summed E-state index contributed by atoms with van der Waals surface area (Å²) in [4.78, 5) is 24.3. The number of allylic oxidation sites excluding steroid dienone is 1. The Bertz CT molecular complexity index is 570. The molecular formula is C16H17NO4. The number of carbonyl (C=O) groups excluding carboxylic acids is 2. The molecule has 0 aliphatic heterocycles. The van der Waals surface area contributed by atoms with Gasteiger partial charge < -0.3 is 9.47 Å². The third-order valence-electron chi connectivity index (χ3n) is 3.28. The van der Waals surface area contributed by atoms with E-state index in [1.807, 2.05) is 6.07 Å². The summed E-state index contributed by atoms with van der Waals surface area (Å²) in [6, 6.07) is 8.82. The van der Waals surface area contributed by atoms with Gasteiger partial charge >= 0.3 is 11.9 Å². The van der Waals surface area contributed by atoms with Crippen molar-refractivity contribution in [2.24, 2.45) is 5.41 Å². The monoisotopic (exact) mass is 287 g/mol. The van der Waals surface area contributed by atoms with Crippen LogP contribution in [-0.2, 0) is 25.5 Å². The lowest BCUT2D eigenvalue weighted by atomic mass is 9.77. The Morgan fingerprint density at radius 2 is 1.86 bits per heavy atom. The fraction of sp³-hybridized carbons (Fsp3) is 0.312. The number of methoxy groups -OCH3 is 2. The topological polar surface area (TPSA) is 76.4 Å². The average Bonchev–Trinajstić information content (AvgIpc) is 2.53. The highest BCUT2D eigenvalue weighted by molar-refractivity contribution is 6.00. The molecule has 110 valence electrons. The van der Waals surface area contributed by atoms with Crippen LogP contribution >= 0.6 is 0 Å². The normalized spacial score (nSPS) is 10.3. The van der Waals surface area contributed by atoms with Crippen LogP contribution in [0.3, 0.4) is 0 Å². The van der Waals surface area contributed by atoms with Gasteiger partial charge in [0.1, 0.15) is 0 Å². The second-order valence-electron chi connectivity index (χ2n) is 4.50. The summed E-state index contributed by atoms with van der Waals surface area (Å²) in [6.07, 6.45) is 1.54. The van der Waals surface area contributed by atoms with Crippen molar-refractivity contribution in [2.45, 2.75) is 12.8 Å². The molecule has 1 aromatic rings. The smallest absolute Gasteiger partial charge is 0.323 e. The van der Waals surface area contributed by atoms with Crippen LogP contribution in [0.2, 0.25) is 0 Å². The summed E-state index contributed by atoms with van der Waals surface area (Å²) in [5, 5.41) is 9.13. The van der Waals surface area contributed by atoms with E-state index >= 15 is 0 Å². The average molecular weight is 287 g/mol. The molecule has 0 amide bonds. The van der Waals surface area contributed by atoms with Crippen molar-refractivity contribution >= 4 is 11.9 Å². The van der Waals surface area contributed by atoms with Crippen molar-refractivity contribution in [1.82, 2.24) is 0 Å². The van der Waals surface area contributed by atoms with Gasteiger partial charge in [0.15, 0.2) is 5.41 Å². The van der Waals surface area contributed by atoms with Crippen LogP contribution in [0.5, 0.6) is 0 Å². The lowest BCUT2D eigenvalue weighted by Gasteiger charge is -2.27. The summed E-state index contributed by atoms with van der Waals surface area (Å²) >= 11 is 0. The fourth-order valence-electron chi connectivity index (χ4n) is 2.21. The molecule has 0 N–H and O–H groups in total. The van der Waals surface area contributed by atoms with Crippen LogP contribution < -0.4 is 0 Å². The minimum absolute atomic E-state index is 0.0160. The number of ether oxygens (including phenoxy) is 2. The zero-order valence-electron chi connectivity index (χ0n) is 12.1. The van der Waals surface area contributed by atoms with Gasteiger partial charge in [0, 0.05) is 6.42 Å². The van der Waals surface area contributed by atoms with Gasteiger partial charge in [-0.25, -0.2) is 0 Å². The zero-order valence-corrected chi connectivity index (χ0v) is 12.1. The highest BCUT2D eigenvalue weighted by atomic mass is 16.5. The summed E-state index contributed by atoms with van der Waals surface area (Å²) < 4.78 is 9.53. The molecule has 0 aromatic heterocycles. The number of nitriles is 1. The second kappa shape index (κ2) is 7.25. The van der Waals surface area contributed by atoms with E-state index in [2.05, 4.69) is 6.58 Å². The van der Waals surface area contributed by atoms with E-state index in [4.69, 9.17) is 14.7 Å². The fourth-order valence-corrected chi connectivity index (χ4v) is 2.21. The first kappa shape index (κ1) is 16.4. The van der Waals surface area contributed by atoms with E-state index in [0.29, 0.717) is 11.1 Å². The van der Waals surface area contributed by atoms with E-state index in [0.717, 1.165) is 0 Å². The molecule has 0 fully saturated rings. The Morgan fingerprint density at radius 3 is 2.33 bits per heavy atom. The van der Waals surface area contributed by atoms with Crippen LogP contribution in [-0.4, -0.2) is 26.2 Å². The Labute approximate surface area is 123 Å². The molecule has 0 aliphatic carbocycles. The molecule has 0 radical (unpaired) electrons. The minimum Gasteiger partial charge on any atom is -0.468 e. The molecule has 0 bridgehead atoms. The van der Waals surface area contributed by atoms with Crippen LogP contribution in [0.25, 0.3) is 0 Å². The van der Waals surface area contributed by atoms with Crippen molar-refractivity contribution in [1.29, 1.82) is 5.26 Å². The second-order valence-corrected chi connectivity index (χ2v) is 4.50. The quantitative estimate of drug-likeness (QED) is 0.454. The van der Waals surface area contributed by atoms with Crippen molar-refractivity contribution in [3.63, 3.8) is 0 Å². The highest BCUT2D eigenvalue weighted by Gasteiger charge is 2.47. The molecule has 5 nitrogen and oxygen atoms in total. The maximum atomic E-state index is 12.2. The lowest BCUT2D eigenvalue weighted by Crippen LogP contribution is -2.43. The standard InChI is InChI=1S/C16H17NO4/c1-4-9-16(14(18)20-2,15(19)21-3)10-12-7-5-6-8-13(12)11-17/h4-8H,1,9-10H2,2-3H3. The van der Waals surface area contributed by atoms with Crippen molar-refractivity contribution < 1.29 is 19.1 Å². The number of hydrogen-bond donors (Lipinski definition) is 0. The first-order valence-corrected chi connectivity index (χ1v) is 6.31. The molecule has 0 saturated carbocycles. The molecule has 0 heterocycles. The van der Waals surface area contributed by atoms with Crippen LogP contribution in [0.15, 0.2) is 36.9 Å². The minimum atomic E-state index is -1.53. The summed E-state index contributed by atoms with van der Waals surface area (Å²) in [5.74, 6) is -1.41. The van der Waals surface area contributed by atoms with Crippen LogP contribution in [0, 0.1) is 16.7 Å². The maximum Gasteiger partial charge on any atom is 0.323 e. The first-order chi connectivity index (χ1) is 10.1. The molecule has 0 saturated heterocycles. The Morgan fingerprint density at radius 1 is 1.29 bits per heavy atom. The molecule has 5 heteroatoms. The molecule has 1 aromatic carbocycles. The number of benzene rings is 1. The van der Waals surface area contributed by atoms with Crippen LogP contribution in [0.4, 0.5) is 0 Å². The lowest BCUT2D eigenvalue weighted by molar-refractivity contribution is -0.168. The molecule has 0 aliphatic rings. The summed E-state index contributed by atoms with van der Waals surface area (Å²) in [6.45, 7) is 3.58. The number of esters is 2. The first-order valence-electron chi connectivity index (χ1n) is 6.31. The van der Waals surface area contributed by atoms with Gasteiger partial charge in [-0.15, -0.1) is 6.58 Å². The van der Waals surface area contributed by atoms with Crippen molar-refractivity contribution in [3.8, 4) is 6.07 Å². The van der Waals surface area contributed by atoms with Gasteiger partial charge in [0.25, 0.3) is 0 Å². The maximum absolute atomic E-state index is 12.2. The Hall–Kier alpha value is -2.61. The van der Waals surface area contributed by atoms with Gasteiger partial charge in [-0.2, -0.15) is 5.26 Å². The van der Waals surface area contributed by atoms with Gasteiger partial charge in [-0.05, 0) is 18.1 Å². The molecule has 0 atom stereocenters. The molecular weight excluding hydrogens is 270 g/mol. The van der Waals surface area contributed by atoms with Crippen molar-refractivity contribution in [3.05, 3.63) is 48.0 Å². The van der Waals surface area contributed by atoms with Gasteiger partial charge in [0.2, 0.25) is 0 Å². The predicted molar refractivity (Wildman–Crippen MR) is 76.1 cm³/mol. The van der Waals surface area contributed by atoms with E-state index in [-0.39, 0.29) is 12.8 Å². The third kappa shape index (κ3) is 3.29. The number of hydrogen-bond acceptors (Lipinski definition) is 5. The largest absolute Gasteiger partial charge is 0.468 e. The summed E-state index contributed by atoms with van der Waals surface area (Å²) in [5.41, 5.74) is -0.547. The Balaban J connectivity index is 3.36.